The number of carbonyl (C=O) groups excluding carboxylic acids is 2. The van der Waals surface area contributed by atoms with Crippen LogP contribution in [-0.2, 0) is 14.3 Å². The van der Waals surface area contributed by atoms with Crippen molar-refractivity contribution >= 4 is 11.9 Å². The van der Waals surface area contributed by atoms with E-state index in [2.05, 4.69) is 74.7 Å². The fourth-order valence-corrected chi connectivity index (χ4v) is 8.31. The van der Waals surface area contributed by atoms with Crippen LogP contribution in [0.2, 0.25) is 0 Å². The molecule has 0 radical (unpaired) electrons. The number of aliphatic hydroxyl groups is 2. The molecule has 0 bridgehead atoms. The molecule has 0 aliphatic rings. The molecular weight excluding hydrogens is 779 g/mol. The van der Waals surface area contributed by atoms with Crippen molar-refractivity contribution in [3.05, 3.63) is 48.6 Å². The van der Waals surface area contributed by atoms with Crippen LogP contribution < -0.4 is 5.32 Å². The minimum Gasteiger partial charge on any atom is -0.462 e. The van der Waals surface area contributed by atoms with Gasteiger partial charge in [0, 0.05) is 6.42 Å². The Morgan fingerprint density at radius 3 is 1.27 bits per heavy atom. The Kier molecular flexibility index (Phi) is 49.1. The van der Waals surface area contributed by atoms with Gasteiger partial charge in [-0.3, -0.25) is 9.59 Å². The monoisotopic (exact) mass is 884 g/mol. The third-order valence-electron chi connectivity index (χ3n) is 12.4. The molecule has 0 saturated carbocycles. The van der Waals surface area contributed by atoms with Crippen LogP contribution in [0.25, 0.3) is 0 Å². The van der Waals surface area contributed by atoms with Gasteiger partial charge >= 0.3 is 5.97 Å². The predicted molar refractivity (Wildman–Crippen MR) is 273 cm³/mol. The van der Waals surface area contributed by atoms with Crippen LogP contribution in [0.1, 0.15) is 278 Å². The van der Waals surface area contributed by atoms with Gasteiger partial charge in [-0.1, -0.05) is 256 Å². The fraction of sp³-hybridized carbons (Fsp3) is 0.825. The fourth-order valence-electron chi connectivity index (χ4n) is 8.31. The first-order valence-electron chi connectivity index (χ1n) is 27.4. The van der Waals surface area contributed by atoms with Crippen LogP contribution in [0.5, 0.6) is 0 Å². The Hall–Kier alpha value is -2.18. The van der Waals surface area contributed by atoms with Crippen molar-refractivity contribution in [2.24, 2.45) is 0 Å². The van der Waals surface area contributed by atoms with Crippen molar-refractivity contribution in [3.8, 4) is 0 Å². The summed E-state index contributed by atoms with van der Waals surface area (Å²) in [6, 6.07) is -0.717. The summed E-state index contributed by atoms with van der Waals surface area (Å²) in [6.45, 7) is 6.37. The van der Waals surface area contributed by atoms with Crippen molar-refractivity contribution < 1.29 is 24.5 Å². The number of esters is 1. The molecule has 0 spiro atoms. The largest absolute Gasteiger partial charge is 0.462 e. The van der Waals surface area contributed by atoms with Gasteiger partial charge in [0.2, 0.25) is 5.91 Å². The molecule has 368 valence electrons. The molecule has 3 N–H and O–H groups in total. The summed E-state index contributed by atoms with van der Waals surface area (Å²) < 4.78 is 5.92. The Morgan fingerprint density at radius 1 is 0.476 bits per heavy atom. The molecule has 3 atom stereocenters. The lowest BCUT2D eigenvalue weighted by Gasteiger charge is -2.24. The van der Waals surface area contributed by atoms with E-state index in [-0.39, 0.29) is 24.9 Å². The van der Waals surface area contributed by atoms with Crippen LogP contribution in [0, 0.1) is 0 Å². The van der Waals surface area contributed by atoms with E-state index in [9.17, 15) is 19.8 Å². The van der Waals surface area contributed by atoms with Crippen molar-refractivity contribution in [1.82, 2.24) is 5.32 Å². The van der Waals surface area contributed by atoms with Crippen LogP contribution >= 0.6 is 0 Å². The SMILES string of the molecule is CC/C=C/C/C=C/C/C=C/C/C=C/CCCC(CC(=O)NC(CO)C(O)CCCCCCCCCCCCCC)OC(=O)CCCCCCCCCCCCCCCCCCCC. The van der Waals surface area contributed by atoms with Gasteiger partial charge < -0.3 is 20.3 Å². The van der Waals surface area contributed by atoms with Crippen LogP contribution in [0.15, 0.2) is 48.6 Å². The van der Waals surface area contributed by atoms with E-state index >= 15 is 0 Å². The number of carbonyl (C=O) groups is 2. The summed E-state index contributed by atoms with van der Waals surface area (Å²) in [5.74, 6) is -0.518. The quantitative estimate of drug-likeness (QED) is 0.0321. The molecule has 0 aliphatic carbocycles. The van der Waals surface area contributed by atoms with E-state index in [4.69, 9.17) is 4.74 Å². The van der Waals surface area contributed by atoms with Gasteiger partial charge in [0.05, 0.1) is 25.2 Å². The van der Waals surface area contributed by atoms with Crippen molar-refractivity contribution in [1.29, 1.82) is 0 Å². The maximum atomic E-state index is 13.2. The maximum Gasteiger partial charge on any atom is 0.306 e. The number of ether oxygens (including phenoxy) is 1. The van der Waals surface area contributed by atoms with Crippen molar-refractivity contribution in [2.45, 2.75) is 296 Å². The summed E-state index contributed by atoms with van der Waals surface area (Å²) in [5.41, 5.74) is 0. The van der Waals surface area contributed by atoms with Gasteiger partial charge in [0.25, 0.3) is 0 Å². The molecule has 0 aliphatic heterocycles. The Labute approximate surface area is 391 Å². The highest BCUT2D eigenvalue weighted by atomic mass is 16.5. The predicted octanol–water partition coefficient (Wildman–Crippen LogP) is 16.6. The number of unbranched alkanes of at least 4 members (excludes halogenated alkanes) is 29. The molecule has 0 aromatic heterocycles. The second kappa shape index (κ2) is 50.8. The van der Waals surface area contributed by atoms with Crippen LogP contribution in [-0.4, -0.2) is 46.9 Å². The van der Waals surface area contributed by atoms with E-state index in [0.717, 1.165) is 77.0 Å². The smallest absolute Gasteiger partial charge is 0.306 e. The molecule has 0 fully saturated rings. The third-order valence-corrected chi connectivity index (χ3v) is 12.4. The molecule has 0 heterocycles. The van der Waals surface area contributed by atoms with E-state index in [1.165, 1.54) is 154 Å². The zero-order chi connectivity index (χ0) is 45.9. The zero-order valence-electron chi connectivity index (χ0n) is 42.0. The first kappa shape index (κ1) is 60.8. The molecule has 0 rings (SSSR count). The number of allylic oxidation sites excluding steroid dienone is 8. The van der Waals surface area contributed by atoms with E-state index in [1.54, 1.807) is 0 Å². The second-order valence-corrected chi connectivity index (χ2v) is 18.6. The molecule has 0 saturated heterocycles. The minimum atomic E-state index is -0.800. The topological polar surface area (TPSA) is 95.9 Å². The highest BCUT2D eigenvalue weighted by Gasteiger charge is 2.24. The van der Waals surface area contributed by atoms with Gasteiger partial charge in [0.15, 0.2) is 0 Å². The van der Waals surface area contributed by atoms with Gasteiger partial charge in [0.1, 0.15) is 6.10 Å². The second-order valence-electron chi connectivity index (χ2n) is 18.6. The Balaban J connectivity index is 4.58. The molecule has 0 aromatic rings. The van der Waals surface area contributed by atoms with Crippen LogP contribution in [0.4, 0.5) is 0 Å². The molecule has 1 amide bonds. The van der Waals surface area contributed by atoms with E-state index in [0.29, 0.717) is 19.3 Å². The summed E-state index contributed by atoms with van der Waals surface area (Å²) in [4.78, 5) is 26.2. The lowest BCUT2D eigenvalue weighted by Crippen LogP contribution is -2.46. The lowest BCUT2D eigenvalue weighted by atomic mass is 10.0. The zero-order valence-corrected chi connectivity index (χ0v) is 42.0. The molecule has 0 aromatic carbocycles. The maximum absolute atomic E-state index is 13.2. The van der Waals surface area contributed by atoms with E-state index in [1.807, 2.05) is 0 Å². The number of rotatable bonds is 49. The standard InChI is InChI=1S/C57H105NO5/c1-4-7-10-13-16-19-22-25-27-28-29-30-32-35-38-41-44-47-50-57(62)63-53(48-45-42-39-36-33-31-26-23-20-17-14-11-8-5-2)51-56(61)58-54(52-59)55(60)49-46-43-40-37-34-24-21-18-15-12-9-6-3/h8,11,17,20,26,31,36,39,53-55,59-60H,4-7,9-10,12-16,18-19,21-25,27-30,32-35,37-38,40-52H2,1-3H3,(H,58,61)/b11-8+,20-17+,31-26+,39-36+. The summed E-state index contributed by atoms with van der Waals surface area (Å²) in [6.07, 6.45) is 61.8. The number of aliphatic hydroxyl groups excluding tert-OH is 2. The summed E-state index contributed by atoms with van der Waals surface area (Å²) in [5, 5.41) is 23.8. The highest BCUT2D eigenvalue weighted by Crippen LogP contribution is 2.18. The van der Waals surface area contributed by atoms with Gasteiger partial charge in [-0.25, -0.2) is 0 Å². The minimum absolute atomic E-state index is 0.0426. The average Bonchev–Trinajstić information content (AvgIpc) is 3.28. The first-order valence-corrected chi connectivity index (χ1v) is 27.4. The van der Waals surface area contributed by atoms with Crippen molar-refractivity contribution in [2.75, 3.05) is 6.61 Å². The van der Waals surface area contributed by atoms with E-state index < -0.39 is 18.2 Å². The number of hydrogen-bond acceptors (Lipinski definition) is 5. The number of nitrogens with one attached hydrogen (secondary N) is 1. The molecule has 6 heteroatoms. The van der Waals surface area contributed by atoms with Crippen LogP contribution in [0.3, 0.4) is 0 Å². The van der Waals surface area contributed by atoms with Gasteiger partial charge in [-0.05, 0) is 57.8 Å². The normalized spacial score (nSPS) is 13.5. The Morgan fingerprint density at radius 2 is 0.857 bits per heavy atom. The average molecular weight is 884 g/mol. The summed E-state index contributed by atoms with van der Waals surface area (Å²) >= 11 is 0. The van der Waals surface area contributed by atoms with Crippen molar-refractivity contribution in [3.63, 3.8) is 0 Å². The number of amides is 1. The molecule has 63 heavy (non-hydrogen) atoms. The molecule has 3 unspecified atom stereocenters. The highest BCUT2D eigenvalue weighted by molar-refractivity contribution is 5.77. The lowest BCUT2D eigenvalue weighted by molar-refractivity contribution is -0.151. The first-order chi connectivity index (χ1) is 31.0. The van der Waals surface area contributed by atoms with Gasteiger partial charge in [-0.2, -0.15) is 0 Å². The third kappa shape index (κ3) is 46.2. The van der Waals surface area contributed by atoms with Gasteiger partial charge in [-0.15, -0.1) is 0 Å². The molecular formula is C57H105NO5. The summed E-state index contributed by atoms with van der Waals surface area (Å²) in [7, 11) is 0. The number of hydrogen-bond donors (Lipinski definition) is 3. The molecule has 6 nitrogen and oxygen atoms in total. The Bertz CT molecular complexity index is 1080.